The molecule has 27 heavy (non-hydrogen) atoms. The normalized spacial score (nSPS) is 11.7. The van der Waals surface area contributed by atoms with Crippen LogP contribution in [-0.2, 0) is 25.5 Å². The third-order valence-corrected chi connectivity index (χ3v) is 4.30. The number of aromatic nitrogens is 1. The summed E-state index contributed by atoms with van der Waals surface area (Å²) in [6, 6.07) is 4.11. The van der Waals surface area contributed by atoms with Crippen molar-refractivity contribution in [1.82, 2.24) is 15.6 Å². The van der Waals surface area contributed by atoms with Gasteiger partial charge in [0.1, 0.15) is 6.04 Å². The Morgan fingerprint density at radius 1 is 1.22 bits per heavy atom. The van der Waals surface area contributed by atoms with Crippen LogP contribution in [0, 0.1) is 0 Å². The molecule has 1 heterocycles. The van der Waals surface area contributed by atoms with Gasteiger partial charge in [-0.15, -0.1) is 0 Å². The summed E-state index contributed by atoms with van der Waals surface area (Å²) in [6.45, 7) is 0.357. The number of aromatic amines is 1. The number of carbonyl (C=O) groups excluding carboxylic acids is 3. The van der Waals surface area contributed by atoms with E-state index in [1.165, 1.54) is 14.2 Å². The molecule has 2 rings (SSSR count). The number of rotatable bonds is 8. The Kier molecular flexibility index (Phi) is 7.48. The molecule has 8 nitrogen and oxygen atoms in total. The lowest BCUT2D eigenvalue weighted by atomic mass is 10.1. The molecule has 1 unspecified atom stereocenters. The van der Waals surface area contributed by atoms with E-state index >= 15 is 0 Å². The molecule has 0 saturated heterocycles. The van der Waals surface area contributed by atoms with Crippen molar-refractivity contribution >= 4 is 40.5 Å². The zero-order valence-electron chi connectivity index (χ0n) is 15.1. The van der Waals surface area contributed by atoms with Gasteiger partial charge in [0.15, 0.2) is 0 Å². The molecule has 2 aromatic rings. The Hall–Kier alpha value is -2.74. The standard InChI is InChI=1S/C18H22ClN3O5/c1-26-16(23)6-5-15(17(24)27-2)22-18(25)20-8-7-11-10-21-14-4-3-12(19)9-13(11)14/h3-4,9-10,15,21H,5-8H2,1-2H3,(H2,20,22,25). The first kappa shape index (κ1) is 20.6. The van der Waals surface area contributed by atoms with Crippen molar-refractivity contribution in [2.75, 3.05) is 20.8 Å². The molecule has 0 radical (unpaired) electrons. The number of urea groups is 1. The first-order chi connectivity index (χ1) is 12.9. The highest BCUT2D eigenvalue weighted by atomic mass is 35.5. The lowest BCUT2D eigenvalue weighted by Crippen LogP contribution is -2.47. The van der Waals surface area contributed by atoms with E-state index in [-0.39, 0.29) is 12.8 Å². The van der Waals surface area contributed by atoms with Crippen molar-refractivity contribution < 1.29 is 23.9 Å². The third kappa shape index (κ3) is 5.89. The number of hydrogen-bond acceptors (Lipinski definition) is 5. The van der Waals surface area contributed by atoms with Crippen LogP contribution < -0.4 is 10.6 Å². The molecule has 0 aliphatic rings. The fourth-order valence-corrected chi connectivity index (χ4v) is 2.81. The molecule has 2 amide bonds. The Labute approximate surface area is 161 Å². The zero-order valence-corrected chi connectivity index (χ0v) is 15.9. The maximum Gasteiger partial charge on any atom is 0.328 e. The molecule has 1 aromatic heterocycles. The highest BCUT2D eigenvalue weighted by molar-refractivity contribution is 6.31. The van der Waals surface area contributed by atoms with Crippen molar-refractivity contribution in [3.8, 4) is 0 Å². The number of benzene rings is 1. The van der Waals surface area contributed by atoms with Gasteiger partial charge in [-0.25, -0.2) is 9.59 Å². The average Bonchev–Trinajstić information content (AvgIpc) is 3.06. The summed E-state index contributed by atoms with van der Waals surface area (Å²) in [5, 5.41) is 6.84. The molecule has 0 fully saturated rings. The summed E-state index contributed by atoms with van der Waals surface area (Å²) in [5.74, 6) is -1.09. The predicted octanol–water partition coefficient (Wildman–Crippen LogP) is 2.16. The van der Waals surface area contributed by atoms with E-state index in [0.717, 1.165) is 16.5 Å². The van der Waals surface area contributed by atoms with Gasteiger partial charge in [-0.1, -0.05) is 11.6 Å². The van der Waals surface area contributed by atoms with Gasteiger partial charge in [-0.3, -0.25) is 4.79 Å². The Morgan fingerprint density at radius 2 is 2.00 bits per heavy atom. The molecule has 0 aliphatic carbocycles. The maximum absolute atomic E-state index is 12.1. The molecule has 1 aromatic carbocycles. The van der Waals surface area contributed by atoms with E-state index in [4.69, 9.17) is 11.6 Å². The second-order valence-electron chi connectivity index (χ2n) is 5.84. The van der Waals surface area contributed by atoms with Crippen molar-refractivity contribution in [3.63, 3.8) is 0 Å². The predicted molar refractivity (Wildman–Crippen MR) is 101 cm³/mol. The summed E-state index contributed by atoms with van der Waals surface area (Å²) < 4.78 is 9.19. The van der Waals surface area contributed by atoms with Crippen LogP contribution >= 0.6 is 11.6 Å². The van der Waals surface area contributed by atoms with Crippen LogP contribution in [0.4, 0.5) is 4.79 Å². The van der Waals surface area contributed by atoms with Gasteiger partial charge in [0.05, 0.1) is 14.2 Å². The fraction of sp³-hybridized carbons (Fsp3) is 0.389. The summed E-state index contributed by atoms with van der Waals surface area (Å²) >= 11 is 6.02. The van der Waals surface area contributed by atoms with Crippen LogP contribution in [0.2, 0.25) is 5.02 Å². The largest absolute Gasteiger partial charge is 0.469 e. The molecular formula is C18H22ClN3O5. The van der Waals surface area contributed by atoms with Crippen molar-refractivity contribution in [3.05, 3.63) is 35.0 Å². The number of H-pyrrole nitrogens is 1. The second-order valence-corrected chi connectivity index (χ2v) is 6.28. The highest BCUT2D eigenvalue weighted by Crippen LogP contribution is 2.22. The van der Waals surface area contributed by atoms with Crippen LogP contribution in [0.1, 0.15) is 18.4 Å². The van der Waals surface area contributed by atoms with Gasteiger partial charge in [-0.05, 0) is 36.6 Å². The topological polar surface area (TPSA) is 110 Å². The highest BCUT2D eigenvalue weighted by Gasteiger charge is 2.22. The van der Waals surface area contributed by atoms with Gasteiger partial charge in [-0.2, -0.15) is 0 Å². The third-order valence-electron chi connectivity index (χ3n) is 4.07. The quantitative estimate of drug-likeness (QED) is 0.593. The summed E-state index contributed by atoms with van der Waals surface area (Å²) in [4.78, 5) is 38.2. The molecule has 9 heteroatoms. The van der Waals surface area contributed by atoms with E-state index in [2.05, 4.69) is 25.1 Å². The first-order valence-electron chi connectivity index (χ1n) is 8.39. The lowest BCUT2D eigenvalue weighted by molar-refractivity contribution is -0.144. The van der Waals surface area contributed by atoms with Crippen molar-refractivity contribution in [2.45, 2.75) is 25.3 Å². The first-order valence-corrected chi connectivity index (χ1v) is 8.77. The van der Waals surface area contributed by atoms with Crippen molar-refractivity contribution in [2.24, 2.45) is 0 Å². The van der Waals surface area contributed by atoms with Crippen LogP contribution in [0.25, 0.3) is 10.9 Å². The van der Waals surface area contributed by atoms with Crippen LogP contribution in [-0.4, -0.2) is 49.8 Å². The lowest BCUT2D eigenvalue weighted by Gasteiger charge is -2.16. The molecule has 0 spiro atoms. The fourth-order valence-electron chi connectivity index (χ4n) is 2.63. The number of nitrogens with one attached hydrogen (secondary N) is 3. The Bertz CT molecular complexity index is 820. The number of amides is 2. The number of halogens is 1. The zero-order chi connectivity index (χ0) is 19.8. The SMILES string of the molecule is COC(=O)CCC(NC(=O)NCCc1c[nH]c2ccc(Cl)cc12)C(=O)OC. The van der Waals surface area contributed by atoms with E-state index in [9.17, 15) is 14.4 Å². The van der Waals surface area contributed by atoms with Gasteiger partial charge >= 0.3 is 18.0 Å². The molecule has 0 saturated carbocycles. The molecule has 3 N–H and O–H groups in total. The minimum absolute atomic E-state index is 0.00730. The smallest absolute Gasteiger partial charge is 0.328 e. The molecular weight excluding hydrogens is 374 g/mol. The van der Waals surface area contributed by atoms with Gasteiger partial charge < -0.3 is 25.1 Å². The number of ether oxygens (including phenoxy) is 2. The minimum atomic E-state index is -0.930. The number of esters is 2. The van der Waals surface area contributed by atoms with E-state index in [1.54, 1.807) is 6.07 Å². The minimum Gasteiger partial charge on any atom is -0.469 e. The van der Waals surface area contributed by atoms with Crippen LogP contribution in [0.3, 0.4) is 0 Å². The molecule has 0 aliphatic heterocycles. The second kappa shape index (κ2) is 9.82. The maximum atomic E-state index is 12.1. The van der Waals surface area contributed by atoms with Gasteiger partial charge in [0, 0.05) is 35.1 Å². The molecule has 0 bridgehead atoms. The Morgan fingerprint density at radius 3 is 2.70 bits per heavy atom. The number of carbonyl (C=O) groups is 3. The van der Waals surface area contributed by atoms with Gasteiger partial charge in [0.25, 0.3) is 0 Å². The summed E-state index contributed by atoms with van der Waals surface area (Å²) in [5.41, 5.74) is 1.98. The van der Waals surface area contributed by atoms with Gasteiger partial charge in [0.2, 0.25) is 0 Å². The average molecular weight is 396 g/mol. The van der Waals surface area contributed by atoms with Crippen molar-refractivity contribution in [1.29, 1.82) is 0 Å². The number of hydrogen-bond donors (Lipinski definition) is 3. The van der Waals surface area contributed by atoms with E-state index in [1.807, 2.05) is 18.3 Å². The van der Waals surface area contributed by atoms with E-state index in [0.29, 0.717) is 18.0 Å². The van der Waals surface area contributed by atoms with E-state index < -0.39 is 24.0 Å². The number of methoxy groups -OCH3 is 2. The monoisotopic (exact) mass is 395 g/mol. The Balaban J connectivity index is 1.86. The van der Waals surface area contributed by atoms with Crippen LogP contribution in [0.15, 0.2) is 24.4 Å². The summed E-state index contributed by atoms with van der Waals surface area (Å²) in [7, 11) is 2.47. The number of fused-ring (bicyclic) bond motifs is 1. The summed E-state index contributed by atoms with van der Waals surface area (Å²) in [6.07, 6.45) is 2.54. The molecule has 146 valence electrons. The molecule has 1 atom stereocenters. The van der Waals surface area contributed by atoms with Crippen LogP contribution in [0.5, 0.6) is 0 Å².